The van der Waals surface area contributed by atoms with Gasteiger partial charge in [-0.1, -0.05) is 25.7 Å². The van der Waals surface area contributed by atoms with E-state index in [1.54, 1.807) is 0 Å². The number of hydrogen-bond donors (Lipinski definition) is 0. The lowest BCUT2D eigenvalue weighted by molar-refractivity contribution is 0.222. The van der Waals surface area contributed by atoms with Gasteiger partial charge in [0.15, 0.2) is 0 Å². The van der Waals surface area contributed by atoms with Gasteiger partial charge in [-0.2, -0.15) is 0 Å². The first-order valence-electron chi connectivity index (χ1n) is 7.57. The minimum absolute atomic E-state index is 0. The summed E-state index contributed by atoms with van der Waals surface area (Å²) >= 11 is 0. The molecule has 1 spiro atoms. The predicted octanol–water partition coefficient (Wildman–Crippen LogP) is 3.41. The number of hydrogen-bond acceptors (Lipinski definition) is 2. The molecule has 0 aromatic carbocycles. The second-order valence-corrected chi connectivity index (χ2v) is 6.60. The van der Waals surface area contributed by atoms with Gasteiger partial charge in [-0.25, -0.2) is 0 Å². The normalized spacial score (nSPS) is 24.2. The summed E-state index contributed by atoms with van der Waals surface area (Å²) in [5, 5.41) is 0. The molecule has 0 atom stereocenters. The van der Waals surface area contributed by atoms with Crippen LogP contribution in [0.5, 0.6) is 0 Å². The number of nitrogens with zero attached hydrogens (tertiary/aromatic N) is 2. The molecule has 0 aromatic heterocycles. The van der Waals surface area contributed by atoms with Gasteiger partial charge in [0.25, 0.3) is 0 Å². The molecule has 2 nitrogen and oxygen atoms in total. The van der Waals surface area contributed by atoms with Crippen LogP contribution in [0.25, 0.3) is 0 Å². The van der Waals surface area contributed by atoms with Crippen molar-refractivity contribution in [2.75, 3.05) is 40.3 Å². The Hall–Kier alpha value is 0.210. The van der Waals surface area contributed by atoms with Crippen LogP contribution >= 0.6 is 12.4 Å². The maximum atomic E-state index is 2.73. The molecule has 0 unspecified atom stereocenters. The second kappa shape index (κ2) is 7.72. The molecule has 3 heteroatoms. The molecule has 18 heavy (non-hydrogen) atoms. The number of rotatable bonds is 4. The van der Waals surface area contributed by atoms with Crippen LogP contribution in [0.1, 0.15) is 51.4 Å². The highest BCUT2D eigenvalue weighted by Gasteiger charge is 2.37. The third kappa shape index (κ3) is 4.71. The Kier molecular flexibility index (Phi) is 6.97. The van der Waals surface area contributed by atoms with Gasteiger partial charge in [-0.3, -0.25) is 0 Å². The van der Waals surface area contributed by atoms with E-state index in [9.17, 15) is 0 Å². The first-order valence-corrected chi connectivity index (χ1v) is 7.57. The average Bonchev–Trinajstić information content (AvgIpc) is 2.53. The highest BCUT2D eigenvalue weighted by Crippen LogP contribution is 2.42. The van der Waals surface area contributed by atoms with Crippen LogP contribution in [-0.2, 0) is 0 Å². The minimum Gasteiger partial charge on any atom is -0.309 e. The third-order valence-corrected chi connectivity index (χ3v) is 4.76. The molecule has 1 saturated heterocycles. The summed E-state index contributed by atoms with van der Waals surface area (Å²) in [4.78, 5) is 5.03. The van der Waals surface area contributed by atoms with Crippen molar-refractivity contribution in [1.82, 2.24) is 9.80 Å². The molecule has 1 aliphatic heterocycles. The summed E-state index contributed by atoms with van der Waals surface area (Å²) in [7, 11) is 4.35. The zero-order valence-electron chi connectivity index (χ0n) is 12.3. The minimum atomic E-state index is 0. The number of likely N-dealkylation sites (tertiary alicyclic amines) is 1. The van der Waals surface area contributed by atoms with E-state index in [1.807, 2.05) is 0 Å². The summed E-state index contributed by atoms with van der Waals surface area (Å²) in [5.74, 6) is 0. The van der Waals surface area contributed by atoms with Gasteiger partial charge in [0, 0.05) is 6.54 Å². The van der Waals surface area contributed by atoms with E-state index < -0.39 is 0 Å². The van der Waals surface area contributed by atoms with Gasteiger partial charge < -0.3 is 9.80 Å². The van der Waals surface area contributed by atoms with E-state index in [2.05, 4.69) is 23.9 Å². The Balaban J connectivity index is 0.00000162. The summed E-state index contributed by atoms with van der Waals surface area (Å²) in [5.41, 5.74) is 0.731. The van der Waals surface area contributed by atoms with E-state index in [0.29, 0.717) is 0 Å². The largest absolute Gasteiger partial charge is 0.309 e. The summed E-state index contributed by atoms with van der Waals surface area (Å²) in [6, 6.07) is 0. The Bertz CT molecular complexity index is 223. The summed E-state index contributed by atoms with van der Waals surface area (Å²) in [6.07, 6.45) is 11.8. The van der Waals surface area contributed by atoms with Crippen molar-refractivity contribution in [2.24, 2.45) is 5.41 Å². The molecule has 0 radical (unpaired) electrons. The molecule has 0 N–H and O–H groups in total. The molecule has 2 rings (SSSR count). The Morgan fingerprint density at radius 1 is 1.00 bits per heavy atom. The third-order valence-electron chi connectivity index (χ3n) is 4.76. The first-order chi connectivity index (χ1) is 8.20. The topological polar surface area (TPSA) is 6.48 Å². The van der Waals surface area contributed by atoms with E-state index in [-0.39, 0.29) is 12.4 Å². The Morgan fingerprint density at radius 2 is 1.67 bits per heavy atom. The predicted molar refractivity (Wildman–Crippen MR) is 81.6 cm³/mol. The summed E-state index contributed by atoms with van der Waals surface area (Å²) in [6.45, 7) is 5.33. The fourth-order valence-corrected chi connectivity index (χ4v) is 3.72. The molecule has 1 aliphatic carbocycles. The van der Waals surface area contributed by atoms with Crippen LogP contribution in [0.2, 0.25) is 0 Å². The van der Waals surface area contributed by atoms with E-state index in [1.165, 1.54) is 77.5 Å². The van der Waals surface area contributed by atoms with Crippen LogP contribution < -0.4 is 0 Å². The smallest absolute Gasteiger partial charge is 0.00385 e. The van der Waals surface area contributed by atoms with Crippen molar-refractivity contribution in [1.29, 1.82) is 0 Å². The summed E-state index contributed by atoms with van der Waals surface area (Å²) < 4.78 is 0. The zero-order chi connectivity index (χ0) is 12.1. The van der Waals surface area contributed by atoms with Gasteiger partial charge in [0.2, 0.25) is 0 Å². The highest BCUT2D eigenvalue weighted by molar-refractivity contribution is 5.85. The van der Waals surface area contributed by atoms with E-state index in [4.69, 9.17) is 0 Å². The number of halogens is 1. The van der Waals surface area contributed by atoms with Crippen LogP contribution in [0.3, 0.4) is 0 Å². The van der Waals surface area contributed by atoms with E-state index in [0.717, 1.165) is 5.41 Å². The van der Waals surface area contributed by atoms with Gasteiger partial charge in [-0.15, -0.1) is 12.4 Å². The highest BCUT2D eigenvalue weighted by atomic mass is 35.5. The Labute approximate surface area is 120 Å². The average molecular weight is 275 g/mol. The van der Waals surface area contributed by atoms with Crippen LogP contribution in [0, 0.1) is 5.41 Å². The maximum Gasteiger partial charge on any atom is 0.00385 e. The lowest BCUT2D eigenvalue weighted by atomic mass is 9.80. The zero-order valence-corrected chi connectivity index (χ0v) is 13.1. The van der Waals surface area contributed by atoms with Crippen molar-refractivity contribution in [2.45, 2.75) is 51.4 Å². The van der Waals surface area contributed by atoms with Crippen molar-refractivity contribution in [3.05, 3.63) is 0 Å². The molecule has 2 fully saturated rings. The monoisotopic (exact) mass is 274 g/mol. The molecule has 1 saturated carbocycles. The van der Waals surface area contributed by atoms with Crippen molar-refractivity contribution >= 4 is 12.4 Å². The van der Waals surface area contributed by atoms with Crippen molar-refractivity contribution in [3.63, 3.8) is 0 Å². The first kappa shape index (κ1) is 16.3. The molecule has 108 valence electrons. The molecule has 2 aliphatic rings. The maximum absolute atomic E-state index is 2.73. The van der Waals surface area contributed by atoms with Crippen LogP contribution in [-0.4, -0.2) is 50.1 Å². The van der Waals surface area contributed by atoms with Gasteiger partial charge in [-0.05, 0) is 64.8 Å². The second-order valence-electron chi connectivity index (χ2n) is 6.60. The molecular weight excluding hydrogens is 244 g/mol. The Morgan fingerprint density at radius 3 is 2.28 bits per heavy atom. The van der Waals surface area contributed by atoms with Crippen LogP contribution in [0.15, 0.2) is 0 Å². The van der Waals surface area contributed by atoms with Gasteiger partial charge >= 0.3 is 0 Å². The van der Waals surface area contributed by atoms with Crippen molar-refractivity contribution in [3.8, 4) is 0 Å². The van der Waals surface area contributed by atoms with Crippen LogP contribution in [0.4, 0.5) is 0 Å². The standard InChI is InChI=1S/C15H30N2.ClH/c1-16(2)11-7-12-17-13-10-15(14-17)8-5-3-4-6-9-15;/h3-14H2,1-2H3;1H. The fraction of sp³-hybridized carbons (Fsp3) is 1.00. The van der Waals surface area contributed by atoms with E-state index >= 15 is 0 Å². The lowest BCUT2D eigenvalue weighted by Crippen LogP contribution is -2.29. The van der Waals surface area contributed by atoms with Gasteiger partial charge in [0.1, 0.15) is 0 Å². The molecule has 0 aromatic rings. The SMILES string of the molecule is CN(C)CCCN1CCC2(CCCCCC2)C1.Cl. The van der Waals surface area contributed by atoms with Gasteiger partial charge in [0.05, 0.1) is 0 Å². The molecule has 1 heterocycles. The van der Waals surface area contributed by atoms with Crippen molar-refractivity contribution < 1.29 is 0 Å². The lowest BCUT2D eigenvalue weighted by Gasteiger charge is -2.28. The fourth-order valence-electron chi connectivity index (χ4n) is 3.72. The molecule has 0 bridgehead atoms. The quantitative estimate of drug-likeness (QED) is 0.775. The molecule has 0 amide bonds. The molecular formula is C15H31ClN2.